The second-order valence-corrected chi connectivity index (χ2v) is 10.3. The monoisotopic (exact) mass is 430 g/mol. The van der Waals surface area contributed by atoms with Gasteiger partial charge in [-0.2, -0.15) is 0 Å². The van der Waals surface area contributed by atoms with Gasteiger partial charge in [-0.3, -0.25) is 9.59 Å². The normalized spacial score (nSPS) is 13.9. The molecule has 0 bridgehead atoms. The molecule has 2 rings (SSSR count). The summed E-state index contributed by atoms with van der Waals surface area (Å²) in [5, 5.41) is 2.56. The van der Waals surface area contributed by atoms with Crippen molar-refractivity contribution in [3.63, 3.8) is 0 Å². The molecule has 0 aromatic heterocycles. The van der Waals surface area contributed by atoms with Crippen LogP contribution in [0.2, 0.25) is 5.02 Å². The van der Waals surface area contributed by atoms with Crippen molar-refractivity contribution in [3.05, 3.63) is 17.2 Å². The smallest absolute Gasteiger partial charge is 0.262 e. The van der Waals surface area contributed by atoms with E-state index in [1.54, 1.807) is 4.90 Å². The number of sulfone groups is 1. The highest BCUT2D eigenvalue weighted by Crippen LogP contribution is 2.36. The summed E-state index contributed by atoms with van der Waals surface area (Å²) >= 11 is 6.13. The number of benzene rings is 1. The zero-order valence-corrected chi connectivity index (χ0v) is 18.2. The standard InChI is InChI=1S/C19H27ClN2O5S/c1-12(2)9-22(10-13(3)4)19(24)5-6-28(25,26)17-8-16-15(7-14(17)20)21-18(23)11-27-16/h7-8,12-13H,5-6,9-11H2,1-4H3,(H,21,23). The van der Waals surface area contributed by atoms with Crippen molar-refractivity contribution in [2.45, 2.75) is 39.0 Å². The van der Waals surface area contributed by atoms with Gasteiger partial charge in [0.2, 0.25) is 5.91 Å². The molecule has 28 heavy (non-hydrogen) atoms. The minimum atomic E-state index is -3.80. The van der Waals surface area contributed by atoms with Crippen LogP contribution < -0.4 is 10.1 Å². The summed E-state index contributed by atoms with van der Waals surface area (Å²) in [6, 6.07) is 2.66. The van der Waals surface area contributed by atoms with E-state index in [-0.39, 0.29) is 46.3 Å². The maximum Gasteiger partial charge on any atom is 0.262 e. The Bertz CT molecular complexity index is 842. The van der Waals surface area contributed by atoms with Crippen LogP contribution in [0.4, 0.5) is 5.69 Å². The first kappa shape index (κ1) is 22.5. The van der Waals surface area contributed by atoms with Crippen LogP contribution in [0.15, 0.2) is 17.0 Å². The number of rotatable bonds is 8. The minimum Gasteiger partial charge on any atom is -0.482 e. The molecule has 0 spiro atoms. The summed E-state index contributed by atoms with van der Waals surface area (Å²) in [4.78, 5) is 25.6. The summed E-state index contributed by atoms with van der Waals surface area (Å²) in [7, 11) is -3.80. The Morgan fingerprint density at radius 2 is 1.82 bits per heavy atom. The van der Waals surface area contributed by atoms with Crippen molar-refractivity contribution in [1.29, 1.82) is 0 Å². The van der Waals surface area contributed by atoms with Crippen molar-refractivity contribution < 1.29 is 22.7 Å². The van der Waals surface area contributed by atoms with Gasteiger partial charge in [-0.15, -0.1) is 0 Å². The molecule has 0 saturated carbocycles. The Balaban J connectivity index is 2.15. The van der Waals surface area contributed by atoms with Crippen molar-refractivity contribution >= 4 is 38.9 Å². The lowest BCUT2D eigenvalue weighted by Gasteiger charge is -2.26. The number of carbonyl (C=O) groups is 2. The van der Waals surface area contributed by atoms with Crippen LogP contribution in [0.25, 0.3) is 0 Å². The first-order valence-corrected chi connectivity index (χ1v) is 11.3. The molecule has 1 aromatic rings. The second-order valence-electron chi connectivity index (χ2n) is 7.77. The molecule has 0 saturated heterocycles. The number of anilines is 1. The number of hydrogen-bond acceptors (Lipinski definition) is 5. The lowest BCUT2D eigenvalue weighted by atomic mass is 10.1. The van der Waals surface area contributed by atoms with Crippen molar-refractivity contribution in [1.82, 2.24) is 4.90 Å². The Labute approximate surface area is 171 Å². The largest absolute Gasteiger partial charge is 0.482 e. The van der Waals surface area contributed by atoms with Crippen LogP contribution in [0.5, 0.6) is 5.75 Å². The number of amides is 2. The molecule has 0 radical (unpaired) electrons. The van der Waals surface area contributed by atoms with E-state index in [0.29, 0.717) is 30.6 Å². The molecule has 0 fully saturated rings. The van der Waals surface area contributed by atoms with Crippen LogP contribution in [0.1, 0.15) is 34.1 Å². The minimum absolute atomic E-state index is 0.0155. The van der Waals surface area contributed by atoms with E-state index in [1.807, 2.05) is 27.7 Å². The maximum absolute atomic E-state index is 12.8. The number of halogens is 1. The zero-order valence-electron chi connectivity index (χ0n) is 16.6. The molecule has 0 unspecified atom stereocenters. The summed E-state index contributed by atoms with van der Waals surface area (Å²) in [5.41, 5.74) is 0.330. The fourth-order valence-electron chi connectivity index (χ4n) is 2.97. The van der Waals surface area contributed by atoms with Gasteiger partial charge >= 0.3 is 0 Å². The average molecular weight is 431 g/mol. The van der Waals surface area contributed by atoms with Crippen molar-refractivity contribution in [3.8, 4) is 5.75 Å². The van der Waals surface area contributed by atoms with Crippen molar-refractivity contribution in [2.75, 3.05) is 30.8 Å². The fraction of sp³-hybridized carbons (Fsp3) is 0.579. The predicted octanol–water partition coefficient (Wildman–Crippen LogP) is 2.98. The third kappa shape index (κ3) is 5.85. The van der Waals surface area contributed by atoms with E-state index in [4.69, 9.17) is 16.3 Å². The molecule has 1 aliphatic rings. The van der Waals surface area contributed by atoms with Gasteiger partial charge in [-0.25, -0.2) is 8.42 Å². The van der Waals surface area contributed by atoms with Crippen LogP contribution in [0.3, 0.4) is 0 Å². The number of nitrogens with zero attached hydrogens (tertiary/aromatic N) is 1. The quantitative estimate of drug-likeness (QED) is 0.684. The lowest BCUT2D eigenvalue weighted by Crippen LogP contribution is -2.37. The van der Waals surface area contributed by atoms with Gasteiger partial charge in [0.1, 0.15) is 5.75 Å². The molecule has 1 aliphatic heterocycles. The van der Waals surface area contributed by atoms with Gasteiger partial charge in [-0.1, -0.05) is 39.3 Å². The Kier molecular flexibility index (Phi) is 7.33. The Morgan fingerprint density at radius 3 is 2.39 bits per heavy atom. The van der Waals surface area contributed by atoms with Gasteiger partial charge in [0.25, 0.3) is 5.91 Å². The molecule has 1 aromatic carbocycles. The molecular formula is C19H27ClN2O5S. The first-order valence-electron chi connectivity index (χ1n) is 9.26. The highest BCUT2D eigenvalue weighted by atomic mass is 35.5. The molecule has 0 aliphatic carbocycles. The Hall–Kier alpha value is -1.80. The fourth-order valence-corrected chi connectivity index (χ4v) is 4.79. The van der Waals surface area contributed by atoms with Gasteiger partial charge in [0, 0.05) is 25.6 Å². The number of ether oxygens (including phenoxy) is 1. The lowest BCUT2D eigenvalue weighted by molar-refractivity contribution is -0.131. The number of fused-ring (bicyclic) bond motifs is 1. The van der Waals surface area contributed by atoms with E-state index < -0.39 is 9.84 Å². The number of hydrogen-bond donors (Lipinski definition) is 1. The van der Waals surface area contributed by atoms with E-state index in [1.165, 1.54) is 12.1 Å². The second kappa shape index (κ2) is 9.13. The van der Waals surface area contributed by atoms with Crippen LogP contribution >= 0.6 is 11.6 Å². The van der Waals surface area contributed by atoms with Gasteiger partial charge in [0.05, 0.1) is 21.4 Å². The average Bonchev–Trinajstić information content (AvgIpc) is 2.57. The molecular weight excluding hydrogens is 404 g/mol. The van der Waals surface area contributed by atoms with E-state index in [2.05, 4.69) is 5.32 Å². The zero-order chi connectivity index (χ0) is 21.1. The summed E-state index contributed by atoms with van der Waals surface area (Å²) < 4.78 is 30.8. The highest BCUT2D eigenvalue weighted by Gasteiger charge is 2.26. The summed E-state index contributed by atoms with van der Waals surface area (Å²) in [5.74, 6) is -0.0361. The summed E-state index contributed by atoms with van der Waals surface area (Å²) in [6.45, 7) is 9.05. The number of carbonyl (C=O) groups excluding carboxylic acids is 2. The SMILES string of the molecule is CC(C)CN(CC(C)C)C(=O)CCS(=O)(=O)c1cc2c(cc1Cl)NC(=O)CO2. The first-order chi connectivity index (χ1) is 13.0. The van der Waals surface area contributed by atoms with Crippen molar-refractivity contribution in [2.24, 2.45) is 11.8 Å². The predicted molar refractivity (Wildman–Crippen MR) is 109 cm³/mol. The Morgan fingerprint density at radius 1 is 1.21 bits per heavy atom. The van der Waals surface area contributed by atoms with E-state index in [0.717, 1.165) is 0 Å². The topological polar surface area (TPSA) is 92.8 Å². The van der Waals surface area contributed by atoms with Crippen LogP contribution in [-0.4, -0.2) is 50.6 Å². The van der Waals surface area contributed by atoms with E-state index >= 15 is 0 Å². The van der Waals surface area contributed by atoms with Gasteiger partial charge in [0.15, 0.2) is 16.4 Å². The van der Waals surface area contributed by atoms with E-state index in [9.17, 15) is 18.0 Å². The molecule has 7 nitrogen and oxygen atoms in total. The summed E-state index contributed by atoms with van der Waals surface area (Å²) in [6.07, 6.45) is -0.118. The molecule has 2 amide bonds. The number of nitrogens with one attached hydrogen (secondary N) is 1. The third-order valence-corrected chi connectivity index (χ3v) is 6.28. The van der Waals surface area contributed by atoms with Gasteiger partial charge in [-0.05, 0) is 17.9 Å². The maximum atomic E-state index is 12.8. The van der Waals surface area contributed by atoms with Gasteiger partial charge < -0.3 is 15.0 Å². The van der Waals surface area contributed by atoms with Crippen LogP contribution in [-0.2, 0) is 19.4 Å². The van der Waals surface area contributed by atoms with Crippen LogP contribution in [0, 0.1) is 11.8 Å². The molecule has 1 N–H and O–H groups in total. The third-order valence-electron chi connectivity index (χ3n) is 4.11. The molecule has 0 atom stereocenters. The molecule has 156 valence electrons. The molecule has 1 heterocycles. The molecule has 9 heteroatoms. The highest BCUT2D eigenvalue weighted by molar-refractivity contribution is 7.91.